The zero-order valence-corrected chi connectivity index (χ0v) is 14.2. The minimum absolute atomic E-state index is 0.0557. The van der Waals surface area contributed by atoms with Crippen LogP contribution in [0.1, 0.15) is 54.5 Å². The highest BCUT2D eigenvalue weighted by molar-refractivity contribution is 9.10. The first kappa shape index (κ1) is 15.2. The molecule has 0 atom stereocenters. The molecule has 116 valence electrons. The van der Waals surface area contributed by atoms with Crippen molar-refractivity contribution in [1.82, 2.24) is 14.9 Å². The Labute approximate surface area is 137 Å². The van der Waals surface area contributed by atoms with Crippen LogP contribution in [0.5, 0.6) is 0 Å². The summed E-state index contributed by atoms with van der Waals surface area (Å²) in [4.78, 5) is 23.5. The number of rotatable bonds is 5. The third kappa shape index (κ3) is 3.21. The number of carbonyl (C=O) groups is 1. The van der Waals surface area contributed by atoms with Crippen LogP contribution in [-0.2, 0) is 6.54 Å². The molecule has 0 spiro atoms. The minimum Gasteiger partial charge on any atom is -0.472 e. The topological polar surface area (TPSA) is 59.2 Å². The molecule has 0 aromatic carbocycles. The van der Waals surface area contributed by atoms with E-state index >= 15 is 0 Å². The molecule has 2 aromatic rings. The lowest BCUT2D eigenvalue weighted by atomic mass is 10.2. The summed E-state index contributed by atoms with van der Waals surface area (Å²) in [6.07, 6.45) is 7.06. The van der Waals surface area contributed by atoms with Crippen molar-refractivity contribution in [1.29, 1.82) is 0 Å². The SMILES string of the molecule is CC(C)c1ncc(Br)c(C(=O)N(Cc2ccoc2)C2CC2)n1. The summed E-state index contributed by atoms with van der Waals surface area (Å²) in [6, 6.07) is 2.18. The van der Waals surface area contributed by atoms with Crippen LogP contribution in [0.4, 0.5) is 0 Å². The highest BCUT2D eigenvalue weighted by atomic mass is 79.9. The summed E-state index contributed by atoms with van der Waals surface area (Å²) in [5.41, 5.74) is 1.43. The maximum atomic E-state index is 12.9. The van der Waals surface area contributed by atoms with Gasteiger partial charge in [-0.1, -0.05) is 13.8 Å². The molecule has 3 rings (SSSR count). The molecule has 6 heteroatoms. The van der Waals surface area contributed by atoms with Gasteiger partial charge in [0.1, 0.15) is 11.5 Å². The first-order chi connectivity index (χ1) is 10.6. The van der Waals surface area contributed by atoms with Gasteiger partial charge >= 0.3 is 0 Å². The van der Waals surface area contributed by atoms with E-state index in [2.05, 4.69) is 25.9 Å². The number of aromatic nitrogens is 2. The van der Waals surface area contributed by atoms with E-state index in [-0.39, 0.29) is 11.8 Å². The first-order valence-electron chi connectivity index (χ1n) is 7.40. The van der Waals surface area contributed by atoms with Crippen molar-refractivity contribution in [2.24, 2.45) is 0 Å². The monoisotopic (exact) mass is 363 g/mol. The predicted molar refractivity (Wildman–Crippen MR) is 85.4 cm³/mol. The normalized spacial score (nSPS) is 14.4. The number of hydrogen-bond acceptors (Lipinski definition) is 4. The van der Waals surface area contributed by atoms with Gasteiger partial charge in [0.15, 0.2) is 0 Å². The maximum Gasteiger partial charge on any atom is 0.274 e. The highest BCUT2D eigenvalue weighted by Gasteiger charge is 2.34. The van der Waals surface area contributed by atoms with Gasteiger partial charge in [-0.2, -0.15) is 0 Å². The Morgan fingerprint density at radius 3 is 2.86 bits per heavy atom. The third-order valence-electron chi connectivity index (χ3n) is 3.66. The van der Waals surface area contributed by atoms with Crippen molar-refractivity contribution >= 4 is 21.8 Å². The molecule has 1 amide bonds. The summed E-state index contributed by atoms with van der Waals surface area (Å²) in [5, 5.41) is 0. The summed E-state index contributed by atoms with van der Waals surface area (Å²) in [5.74, 6) is 0.813. The van der Waals surface area contributed by atoms with Crippen LogP contribution in [0.25, 0.3) is 0 Å². The average Bonchev–Trinajstić information content (AvgIpc) is 3.21. The predicted octanol–water partition coefficient (Wildman–Crippen LogP) is 3.76. The second kappa shape index (κ2) is 6.20. The van der Waals surface area contributed by atoms with Crippen molar-refractivity contribution in [2.75, 3.05) is 0 Å². The van der Waals surface area contributed by atoms with E-state index in [1.54, 1.807) is 18.7 Å². The maximum absolute atomic E-state index is 12.9. The molecule has 1 aliphatic carbocycles. The Morgan fingerprint density at radius 1 is 1.50 bits per heavy atom. The number of halogens is 1. The second-order valence-corrected chi connectivity index (χ2v) is 6.73. The van der Waals surface area contributed by atoms with Crippen LogP contribution >= 0.6 is 15.9 Å². The molecule has 0 aliphatic heterocycles. The van der Waals surface area contributed by atoms with Crippen molar-refractivity contribution in [2.45, 2.75) is 45.2 Å². The van der Waals surface area contributed by atoms with Gasteiger partial charge in [0.05, 0.1) is 17.0 Å². The van der Waals surface area contributed by atoms with E-state index in [4.69, 9.17) is 4.42 Å². The summed E-state index contributed by atoms with van der Waals surface area (Å²) >= 11 is 3.40. The van der Waals surface area contributed by atoms with Crippen molar-refractivity contribution in [3.63, 3.8) is 0 Å². The van der Waals surface area contributed by atoms with Gasteiger partial charge < -0.3 is 9.32 Å². The molecule has 1 fully saturated rings. The minimum atomic E-state index is -0.0557. The average molecular weight is 364 g/mol. The molecule has 5 nitrogen and oxygen atoms in total. The van der Waals surface area contributed by atoms with Gasteiger partial charge in [0.25, 0.3) is 5.91 Å². The summed E-state index contributed by atoms with van der Waals surface area (Å²) in [6.45, 7) is 4.58. The molecule has 22 heavy (non-hydrogen) atoms. The second-order valence-electron chi connectivity index (χ2n) is 5.88. The summed E-state index contributed by atoms with van der Waals surface area (Å²) in [7, 11) is 0. The van der Waals surface area contributed by atoms with Crippen molar-refractivity contribution in [3.8, 4) is 0 Å². The van der Waals surface area contributed by atoms with Gasteiger partial charge in [0.2, 0.25) is 0 Å². The van der Waals surface area contributed by atoms with Crippen LogP contribution in [0.3, 0.4) is 0 Å². The Hall–Kier alpha value is -1.69. The van der Waals surface area contributed by atoms with E-state index in [1.165, 1.54) is 0 Å². The molecule has 1 aliphatic rings. The van der Waals surface area contributed by atoms with Crippen LogP contribution < -0.4 is 0 Å². The molecule has 2 aromatic heterocycles. The standard InChI is InChI=1S/C16H18BrN3O2/c1-10(2)15-18-7-13(17)14(19-15)16(21)20(12-3-4-12)8-11-5-6-22-9-11/h5-7,9-10,12H,3-4,8H2,1-2H3. The third-order valence-corrected chi connectivity index (χ3v) is 4.24. The van der Waals surface area contributed by atoms with E-state index in [1.807, 2.05) is 24.8 Å². The van der Waals surface area contributed by atoms with Gasteiger partial charge in [-0.25, -0.2) is 9.97 Å². The Kier molecular flexibility index (Phi) is 4.29. The van der Waals surface area contributed by atoms with E-state index in [9.17, 15) is 4.79 Å². The lowest BCUT2D eigenvalue weighted by molar-refractivity contribution is 0.0722. The van der Waals surface area contributed by atoms with Gasteiger partial charge in [0, 0.05) is 30.3 Å². The first-order valence-corrected chi connectivity index (χ1v) is 8.20. The van der Waals surface area contributed by atoms with Gasteiger partial charge in [-0.3, -0.25) is 4.79 Å². The van der Waals surface area contributed by atoms with Gasteiger partial charge in [-0.15, -0.1) is 0 Å². The fraction of sp³-hybridized carbons (Fsp3) is 0.438. The van der Waals surface area contributed by atoms with Crippen LogP contribution in [0, 0.1) is 0 Å². The largest absolute Gasteiger partial charge is 0.472 e. The number of hydrogen-bond donors (Lipinski definition) is 0. The molecule has 1 saturated carbocycles. The molecule has 0 unspecified atom stereocenters. The Balaban J connectivity index is 1.88. The molecular formula is C16H18BrN3O2. The number of carbonyl (C=O) groups excluding carboxylic acids is 1. The zero-order chi connectivity index (χ0) is 15.7. The van der Waals surface area contributed by atoms with Crippen LogP contribution in [0.2, 0.25) is 0 Å². The quantitative estimate of drug-likeness (QED) is 0.811. The molecular weight excluding hydrogens is 346 g/mol. The van der Waals surface area contributed by atoms with Crippen molar-refractivity contribution < 1.29 is 9.21 Å². The highest BCUT2D eigenvalue weighted by Crippen LogP contribution is 2.31. The van der Waals surface area contributed by atoms with Crippen LogP contribution in [0.15, 0.2) is 33.7 Å². The fourth-order valence-electron chi connectivity index (χ4n) is 2.28. The smallest absolute Gasteiger partial charge is 0.274 e. The van der Waals surface area contributed by atoms with E-state index in [0.717, 1.165) is 18.4 Å². The zero-order valence-electron chi connectivity index (χ0n) is 12.6. The fourth-order valence-corrected chi connectivity index (χ4v) is 2.64. The van der Waals surface area contributed by atoms with Crippen molar-refractivity contribution in [3.05, 3.63) is 46.3 Å². The van der Waals surface area contributed by atoms with E-state index in [0.29, 0.717) is 28.6 Å². The lowest BCUT2D eigenvalue weighted by Crippen LogP contribution is -2.33. The van der Waals surface area contributed by atoms with Crippen LogP contribution in [-0.4, -0.2) is 26.8 Å². The summed E-state index contributed by atoms with van der Waals surface area (Å²) < 4.78 is 5.74. The van der Waals surface area contributed by atoms with Gasteiger partial charge in [-0.05, 0) is 34.8 Å². The van der Waals surface area contributed by atoms with E-state index < -0.39 is 0 Å². The lowest BCUT2D eigenvalue weighted by Gasteiger charge is -2.22. The number of furan rings is 1. The number of amides is 1. The Morgan fingerprint density at radius 2 is 2.27 bits per heavy atom. The molecule has 0 N–H and O–H groups in total. The number of nitrogens with zero attached hydrogens (tertiary/aromatic N) is 3. The molecule has 2 heterocycles. The molecule has 0 bridgehead atoms. The Bertz CT molecular complexity index is 666. The molecule has 0 radical (unpaired) electrons. The molecule has 0 saturated heterocycles.